The Kier molecular flexibility index (Phi) is 5.08. The minimum absolute atomic E-state index is 0.168. The number of carboxylic acid groups (broad SMARTS) is 1. The van der Waals surface area contributed by atoms with Crippen LogP contribution < -0.4 is 5.32 Å². The van der Waals surface area contributed by atoms with Gasteiger partial charge in [-0.2, -0.15) is 0 Å². The van der Waals surface area contributed by atoms with Gasteiger partial charge < -0.3 is 20.1 Å². The predicted octanol–water partition coefficient (Wildman–Crippen LogP) is 1.70. The number of carbonyl (C=O) groups is 2. The summed E-state index contributed by atoms with van der Waals surface area (Å²) in [6, 6.07) is -0.537. The molecule has 2 fully saturated rings. The van der Waals surface area contributed by atoms with Gasteiger partial charge in [-0.25, -0.2) is 4.79 Å². The van der Waals surface area contributed by atoms with Crippen LogP contribution in [-0.2, 0) is 9.53 Å². The van der Waals surface area contributed by atoms with Crippen molar-refractivity contribution in [3.05, 3.63) is 0 Å². The van der Waals surface area contributed by atoms with Crippen molar-refractivity contribution < 1.29 is 19.4 Å². The SMILES string of the molecule is CCN(C(=O)NCC1(CC)CCC1)C1COCC1C(=O)O. The van der Waals surface area contributed by atoms with Crippen LogP contribution in [0.2, 0.25) is 0 Å². The second-order valence-corrected chi connectivity index (χ2v) is 6.20. The maximum Gasteiger partial charge on any atom is 0.317 e. The molecule has 21 heavy (non-hydrogen) atoms. The molecular weight excluding hydrogens is 272 g/mol. The van der Waals surface area contributed by atoms with Crippen LogP contribution in [0.1, 0.15) is 39.5 Å². The zero-order valence-corrected chi connectivity index (χ0v) is 12.9. The van der Waals surface area contributed by atoms with E-state index in [2.05, 4.69) is 12.2 Å². The summed E-state index contributed by atoms with van der Waals surface area (Å²) in [6.07, 6.45) is 4.64. The van der Waals surface area contributed by atoms with Crippen molar-refractivity contribution in [2.24, 2.45) is 11.3 Å². The summed E-state index contributed by atoms with van der Waals surface area (Å²) in [7, 11) is 0. The Bertz CT molecular complexity index is 390. The number of aliphatic carboxylic acids is 1. The molecule has 1 saturated heterocycles. The van der Waals surface area contributed by atoms with Crippen LogP contribution in [-0.4, -0.2) is 54.4 Å². The minimum Gasteiger partial charge on any atom is -0.481 e. The van der Waals surface area contributed by atoms with E-state index >= 15 is 0 Å². The molecule has 6 heteroatoms. The maximum absolute atomic E-state index is 12.4. The summed E-state index contributed by atoms with van der Waals surface area (Å²) < 4.78 is 5.26. The third-order valence-corrected chi connectivity index (χ3v) is 5.15. The molecule has 2 N–H and O–H groups in total. The average molecular weight is 298 g/mol. The lowest BCUT2D eigenvalue weighted by Crippen LogP contribution is -2.53. The molecular formula is C15H26N2O4. The highest BCUT2D eigenvalue weighted by Gasteiger charge is 2.40. The molecule has 2 amide bonds. The lowest BCUT2D eigenvalue weighted by molar-refractivity contribution is -0.142. The summed E-state index contributed by atoms with van der Waals surface area (Å²) in [6.45, 7) is 5.69. The number of urea groups is 1. The van der Waals surface area contributed by atoms with Gasteiger partial charge >= 0.3 is 12.0 Å². The first kappa shape index (κ1) is 16.1. The zero-order valence-electron chi connectivity index (χ0n) is 12.9. The first-order chi connectivity index (χ1) is 10.0. The van der Waals surface area contributed by atoms with E-state index in [0.717, 1.165) is 6.42 Å². The van der Waals surface area contributed by atoms with Crippen molar-refractivity contribution in [1.29, 1.82) is 0 Å². The van der Waals surface area contributed by atoms with Crippen LogP contribution in [0.3, 0.4) is 0 Å². The van der Waals surface area contributed by atoms with Crippen molar-refractivity contribution in [3.63, 3.8) is 0 Å². The fourth-order valence-electron chi connectivity index (χ4n) is 3.31. The summed E-state index contributed by atoms with van der Waals surface area (Å²) in [4.78, 5) is 25.2. The second-order valence-electron chi connectivity index (χ2n) is 6.20. The summed E-state index contributed by atoms with van der Waals surface area (Å²) in [5.74, 6) is -1.52. The molecule has 2 rings (SSSR count). The van der Waals surface area contributed by atoms with Crippen molar-refractivity contribution in [2.75, 3.05) is 26.3 Å². The van der Waals surface area contributed by atoms with Crippen LogP contribution in [0.4, 0.5) is 4.79 Å². The van der Waals surface area contributed by atoms with Crippen LogP contribution in [0.25, 0.3) is 0 Å². The van der Waals surface area contributed by atoms with Gasteiger partial charge in [0.15, 0.2) is 0 Å². The number of carboxylic acids is 1. The highest BCUT2D eigenvalue weighted by molar-refractivity contribution is 5.77. The van der Waals surface area contributed by atoms with Gasteiger partial charge in [0.05, 0.1) is 19.3 Å². The molecule has 0 spiro atoms. The van der Waals surface area contributed by atoms with E-state index in [0.29, 0.717) is 19.7 Å². The third kappa shape index (κ3) is 3.31. The third-order valence-electron chi connectivity index (χ3n) is 5.15. The molecule has 2 aliphatic rings. The standard InChI is InChI=1S/C15H26N2O4/c1-3-15(6-5-7-15)10-16-14(20)17(4-2)12-9-21-8-11(12)13(18)19/h11-12H,3-10H2,1-2H3,(H,16,20)(H,18,19). The van der Waals surface area contributed by atoms with Crippen LogP contribution >= 0.6 is 0 Å². The number of nitrogens with zero attached hydrogens (tertiary/aromatic N) is 1. The average Bonchev–Trinajstić information content (AvgIpc) is 2.88. The molecule has 1 heterocycles. The number of ether oxygens (including phenoxy) is 1. The Labute approximate surface area is 125 Å². The van der Waals surface area contributed by atoms with E-state index in [4.69, 9.17) is 4.74 Å². The van der Waals surface area contributed by atoms with Crippen molar-refractivity contribution in [3.8, 4) is 0 Å². The Morgan fingerprint density at radius 2 is 2.05 bits per heavy atom. The summed E-state index contributed by atoms with van der Waals surface area (Å²) >= 11 is 0. The van der Waals surface area contributed by atoms with E-state index in [1.165, 1.54) is 19.3 Å². The normalized spacial score (nSPS) is 27.0. The molecule has 120 valence electrons. The van der Waals surface area contributed by atoms with E-state index in [1.54, 1.807) is 4.90 Å². The number of amides is 2. The molecule has 0 bridgehead atoms. The monoisotopic (exact) mass is 298 g/mol. The Balaban J connectivity index is 1.93. The first-order valence-corrected chi connectivity index (χ1v) is 7.88. The second kappa shape index (κ2) is 6.64. The van der Waals surface area contributed by atoms with Crippen LogP contribution in [0.15, 0.2) is 0 Å². The lowest BCUT2D eigenvalue weighted by Gasteiger charge is -2.42. The molecule has 1 saturated carbocycles. The first-order valence-electron chi connectivity index (χ1n) is 7.88. The van der Waals surface area contributed by atoms with Gasteiger partial charge in [-0.1, -0.05) is 13.3 Å². The van der Waals surface area contributed by atoms with E-state index in [1.807, 2.05) is 6.92 Å². The van der Waals surface area contributed by atoms with Gasteiger partial charge in [0.25, 0.3) is 0 Å². The van der Waals surface area contributed by atoms with Gasteiger partial charge in [-0.15, -0.1) is 0 Å². The molecule has 0 aromatic heterocycles. The number of hydrogen-bond acceptors (Lipinski definition) is 3. The Morgan fingerprint density at radius 1 is 1.33 bits per heavy atom. The number of hydrogen-bond donors (Lipinski definition) is 2. The van der Waals surface area contributed by atoms with Gasteiger partial charge in [-0.05, 0) is 31.6 Å². The fraction of sp³-hybridized carbons (Fsp3) is 0.867. The largest absolute Gasteiger partial charge is 0.481 e. The number of carbonyl (C=O) groups excluding carboxylic acids is 1. The molecule has 0 aromatic carbocycles. The smallest absolute Gasteiger partial charge is 0.317 e. The van der Waals surface area contributed by atoms with E-state index in [-0.39, 0.29) is 24.1 Å². The lowest BCUT2D eigenvalue weighted by atomic mass is 9.67. The number of nitrogens with one attached hydrogen (secondary N) is 1. The van der Waals surface area contributed by atoms with E-state index < -0.39 is 11.9 Å². The quantitative estimate of drug-likeness (QED) is 0.782. The number of likely N-dealkylation sites (N-methyl/N-ethyl adjacent to an activating group) is 1. The van der Waals surface area contributed by atoms with Crippen molar-refractivity contribution >= 4 is 12.0 Å². The molecule has 1 aliphatic heterocycles. The topological polar surface area (TPSA) is 78.9 Å². The van der Waals surface area contributed by atoms with Crippen molar-refractivity contribution in [1.82, 2.24) is 10.2 Å². The fourth-order valence-corrected chi connectivity index (χ4v) is 3.31. The zero-order chi connectivity index (χ0) is 15.5. The highest BCUT2D eigenvalue weighted by atomic mass is 16.5. The molecule has 2 unspecified atom stereocenters. The Morgan fingerprint density at radius 3 is 2.52 bits per heavy atom. The van der Waals surface area contributed by atoms with E-state index in [9.17, 15) is 14.7 Å². The van der Waals surface area contributed by atoms with Gasteiger partial charge in [0, 0.05) is 13.1 Å². The molecule has 0 radical (unpaired) electrons. The minimum atomic E-state index is -0.896. The predicted molar refractivity (Wildman–Crippen MR) is 78.1 cm³/mol. The van der Waals surface area contributed by atoms with Gasteiger partial charge in [0.1, 0.15) is 5.92 Å². The molecule has 0 aromatic rings. The summed E-state index contributed by atoms with van der Waals surface area (Å²) in [5.41, 5.74) is 0.257. The Hall–Kier alpha value is -1.30. The molecule has 2 atom stereocenters. The van der Waals surface area contributed by atoms with Gasteiger partial charge in [-0.3, -0.25) is 4.79 Å². The maximum atomic E-state index is 12.4. The van der Waals surface area contributed by atoms with Crippen LogP contribution in [0, 0.1) is 11.3 Å². The highest BCUT2D eigenvalue weighted by Crippen LogP contribution is 2.43. The summed E-state index contributed by atoms with van der Waals surface area (Å²) in [5, 5.41) is 12.2. The van der Waals surface area contributed by atoms with Gasteiger partial charge in [0.2, 0.25) is 0 Å². The van der Waals surface area contributed by atoms with Crippen molar-refractivity contribution in [2.45, 2.75) is 45.6 Å². The molecule has 1 aliphatic carbocycles. The molecule has 6 nitrogen and oxygen atoms in total. The number of rotatable bonds is 6. The van der Waals surface area contributed by atoms with Crippen LogP contribution in [0.5, 0.6) is 0 Å².